The molecule has 0 aromatic carbocycles. The topological polar surface area (TPSA) is 74.0 Å². The van der Waals surface area contributed by atoms with Crippen molar-refractivity contribution in [2.24, 2.45) is 14.1 Å². The molecule has 2 aromatic heterocycles. The molecule has 26 heavy (non-hydrogen) atoms. The molecule has 4 rings (SSSR count). The van der Waals surface area contributed by atoms with E-state index in [4.69, 9.17) is 4.74 Å². The van der Waals surface area contributed by atoms with Gasteiger partial charge in [0.05, 0.1) is 35.8 Å². The van der Waals surface area contributed by atoms with Gasteiger partial charge >= 0.3 is 0 Å². The molecule has 0 fully saturated rings. The molecule has 0 bridgehead atoms. The number of carbonyl (C=O) groups excluding carboxylic acids is 1. The van der Waals surface area contributed by atoms with E-state index in [1.54, 1.807) is 4.68 Å². The number of carbonyl (C=O) groups is 1. The van der Waals surface area contributed by atoms with Gasteiger partial charge in [-0.3, -0.25) is 14.2 Å². The van der Waals surface area contributed by atoms with Crippen LogP contribution in [0.5, 0.6) is 0 Å². The molecule has 0 unspecified atom stereocenters. The van der Waals surface area contributed by atoms with Gasteiger partial charge in [-0.25, -0.2) is 0 Å². The van der Waals surface area contributed by atoms with Crippen LogP contribution in [0.1, 0.15) is 71.5 Å². The van der Waals surface area contributed by atoms with E-state index in [-0.39, 0.29) is 18.1 Å². The Morgan fingerprint density at radius 1 is 1.15 bits per heavy atom. The summed E-state index contributed by atoms with van der Waals surface area (Å²) in [5.41, 5.74) is 6.17. The smallest absolute Gasteiger partial charge is 0.272 e. The van der Waals surface area contributed by atoms with Crippen molar-refractivity contribution in [3.05, 3.63) is 33.9 Å². The molecule has 1 aliphatic carbocycles. The third-order valence-corrected chi connectivity index (χ3v) is 5.59. The first-order valence-electron chi connectivity index (χ1n) is 9.48. The first-order valence-corrected chi connectivity index (χ1v) is 9.48. The SMILES string of the molecule is C[C@@H]1Cc2c(C(=O)NCc3c4c(nn3C)CCCC4)nn(C)c2[C@H](C)O1. The molecule has 2 aromatic rings. The Bertz CT molecular complexity index is 851. The highest BCUT2D eigenvalue weighted by atomic mass is 16.5. The zero-order valence-corrected chi connectivity index (χ0v) is 16.0. The average molecular weight is 357 g/mol. The van der Waals surface area contributed by atoms with Crippen LogP contribution in [0.15, 0.2) is 0 Å². The summed E-state index contributed by atoms with van der Waals surface area (Å²) in [5.74, 6) is -0.117. The van der Waals surface area contributed by atoms with Gasteiger partial charge in [0.15, 0.2) is 5.69 Å². The lowest BCUT2D eigenvalue weighted by molar-refractivity contribution is -0.00903. The van der Waals surface area contributed by atoms with Crippen molar-refractivity contribution in [3.63, 3.8) is 0 Å². The molecule has 1 N–H and O–H groups in total. The molecule has 2 atom stereocenters. The number of hydrogen-bond donors (Lipinski definition) is 1. The largest absolute Gasteiger partial charge is 0.369 e. The molecule has 140 valence electrons. The number of nitrogens with zero attached hydrogens (tertiary/aromatic N) is 4. The lowest BCUT2D eigenvalue weighted by Crippen LogP contribution is -2.28. The predicted molar refractivity (Wildman–Crippen MR) is 96.9 cm³/mol. The normalized spacial score (nSPS) is 22.0. The highest BCUT2D eigenvalue weighted by molar-refractivity contribution is 5.94. The Morgan fingerprint density at radius 3 is 2.73 bits per heavy atom. The molecule has 0 saturated carbocycles. The highest BCUT2D eigenvalue weighted by Gasteiger charge is 2.31. The van der Waals surface area contributed by atoms with Crippen LogP contribution in [-0.4, -0.2) is 31.6 Å². The first-order chi connectivity index (χ1) is 12.5. The minimum atomic E-state index is -0.117. The van der Waals surface area contributed by atoms with Crippen molar-refractivity contribution in [2.45, 2.75) is 64.7 Å². The van der Waals surface area contributed by atoms with E-state index in [1.165, 1.54) is 24.1 Å². The van der Waals surface area contributed by atoms with Gasteiger partial charge in [-0.1, -0.05) is 0 Å². The van der Waals surface area contributed by atoms with E-state index >= 15 is 0 Å². The van der Waals surface area contributed by atoms with Crippen molar-refractivity contribution in [2.75, 3.05) is 0 Å². The van der Waals surface area contributed by atoms with Crippen molar-refractivity contribution in [1.29, 1.82) is 0 Å². The Hall–Kier alpha value is -2.15. The van der Waals surface area contributed by atoms with E-state index < -0.39 is 0 Å². The second-order valence-electron chi connectivity index (χ2n) is 7.51. The fourth-order valence-corrected chi connectivity index (χ4v) is 4.44. The van der Waals surface area contributed by atoms with Crippen molar-refractivity contribution in [1.82, 2.24) is 24.9 Å². The van der Waals surface area contributed by atoms with Gasteiger partial charge in [-0.05, 0) is 45.1 Å². The van der Waals surface area contributed by atoms with Gasteiger partial charge in [0, 0.05) is 26.1 Å². The fraction of sp³-hybridized carbons (Fsp3) is 0.632. The number of nitrogens with one attached hydrogen (secondary N) is 1. The predicted octanol–water partition coefficient (Wildman–Crippen LogP) is 1.98. The number of hydrogen-bond acceptors (Lipinski definition) is 4. The van der Waals surface area contributed by atoms with Gasteiger partial charge in [0.2, 0.25) is 0 Å². The van der Waals surface area contributed by atoms with Crippen LogP contribution < -0.4 is 5.32 Å². The zero-order chi connectivity index (χ0) is 18.4. The summed E-state index contributed by atoms with van der Waals surface area (Å²) in [7, 11) is 3.84. The van der Waals surface area contributed by atoms with Crippen molar-refractivity contribution < 1.29 is 9.53 Å². The standard InChI is InChI=1S/C19H27N5O2/c1-11-9-14-17(22-24(4)18(14)12(2)26-11)19(25)20-10-16-13-7-5-6-8-15(13)21-23(16)3/h11-12H,5-10H2,1-4H3,(H,20,25)/t11-,12+/m1/s1. The number of fused-ring (bicyclic) bond motifs is 2. The van der Waals surface area contributed by atoms with E-state index in [0.717, 1.165) is 36.2 Å². The summed E-state index contributed by atoms with van der Waals surface area (Å²) in [4.78, 5) is 12.9. The molecular weight excluding hydrogens is 330 g/mol. The van der Waals surface area contributed by atoms with E-state index in [0.29, 0.717) is 12.2 Å². The van der Waals surface area contributed by atoms with Crippen LogP contribution in [0.4, 0.5) is 0 Å². The number of amides is 1. The highest BCUT2D eigenvalue weighted by Crippen LogP contribution is 2.31. The number of rotatable bonds is 3. The second kappa shape index (κ2) is 6.54. The third-order valence-electron chi connectivity index (χ3n) is 5.59. The Morgan fingerprint density at radius 2 is 1.92 bits per heavy atom. The number of aryl methyl sites for hydroxylation is 3. The van der Waals surface area contributed by atoms with Crippen molar-refractivity contribution in [3.8, 4) is 0 Å². The molecule has 1 aliphatic heterocycles. The molecule has 0 radical (unpaired) electrons. The zero-order valence-electron chi connectivity index (χ0n) is 16.0. The first kappa shape index (κ1) is 17.3. The molecule has 1 amide bonds. The van der Waals surface area contributed by atoms with Crippen LogP contribution in [-0.2, 0) is 44.6 Å². The van der Waals surface area contributed by atoms with Gasteiger partial charge < -0.3 is 10.1 Å². The summed E-state index contributed by atoms with van der Waals surface area (Å²) in [6.45, 7) is 4.54. The Kier molecular flexibility index (Phi) is 4.34. The second-order valence-corrected chi connectivity index (χ2v) is 7.51. The summed E-state index contributed by atoms with van der Waals surface area (Å²) < 4.78 is 9.58. The maximum atomic E-state index is 12.9. The molecule has 3 heterocycles. The maximum absolute atomic E-state index is 12.9. The van der Waals surface area contributed by atoms with Gasteiger partial charge in [0.1, 0.15) is 0 Å². The Labute approximate surface area is 153 Å². The lowest BCUT2D eigenvalue weighted by Gasteiger charge is -2.26. The maximum Gasteiger partial charge on any atom is 0.272 e. The molecular formula is C19H27N5O2. The monoisotopic (exact) mass is 357 g/mol. The average Bonchev–Trinajstić information content (AvgIpc) is 3.09. The summed E-state index contributed by atoms with van der Waals surface area (Å²) in [6, 6.07) is 0. The molecule has 0 saturated heterocycles. The van der Waals surface area contributed by atoms with Crippen LogP contribution >= 0.6 is 0 Å². The summed E-state index contributed by atoms with van der Waals surface area (Å²) in [6.07, 6.45) is 5.27. The van der Waals surface area contributed by atoms with Gasteiger partial charge in [-0.2, -0.15) is 10.2 Å². The van der Waals surface area contributed by atoms with E-state index in [1.807, 2.05) is 32.6 Å². The molecule has 0 spiro atoms. The van der Waals surface area contributed by atoms with Crippen LogP contribution in [0, 0.1) is 0 Å². The fourth-order valence-electron chi connectivity index (χ4n) is 4.44. The van der Waals surface area contributed by atoms with Gasteiger partial charge in [0.25, 0.3) is 5.91 Å². The van der Waals surface area contributed by atoms with Crippen molar-refractivity contribution >= 4 is 5.91 Å². The minimum Gasteiger partial charge on any atom is -0.369 e. The number of aromatic nitrogens is 4. The van der Waals surface area contributed by atoms with Crippen LogP contribution in [0.3, 0.4) is 0 Å². The number of ether oxygens (including phenoxy) is 1. The van der Waals surface area contributed by atoms with Gasteiger partial charge in [-0.15, -0.1) is 0 Å². The summed E-state index contributed by atoms with van der Waals surface area (Å²) >= 11 is 0. The van der Waals surface area contributed by atoms with Crippen LogP contribution in [0.2, 0.25) is 0 Å². The quantitative estimate of drug-likeness (QED) is 0.912. The summed E-state index contributed by atoms with van der Waals surface area (Å²) in [5, 5.41) is 12.2. The van der Waals surface area contributed by atoms with E-state index in [9.17, 15) is 4.79 Å². The third kappa shape index (κ3) is 2.84. The van der Waals surface area contributed by atoms with Crippen LogP contribution in [0.25, 0.3) is 0 Å². The minimum absolute atomic E-state index is 0.0445. The molecule has 2 aliphatic rings. The molecule has 7 heteroatoms. The molecule has 7 nitrogen and oxygen atoms in total. The Balaban J connectivity index is 1.55. The van der Waals surface area contributed by atoms with E-state index in [2.05, 4.69) is 15.5 Å². The lowest BCUT2D eigenvalue weighted by atomic mass is 9.96.